The van der Waals surface area contributed by atoms with Crippen LogP contribution in [0.15, 0.2) is 60.0 Å². The molecule has 4 aromatic rings. The lowest BCUT2D eigenvalue weighted by molar-refractivity contribution is -0.119. The molecule has 0 spiro atoms. The van der Waals surface area contributed by atoms with Crippen molar-refractivity contribution >= 4 is 28.9 Å². The van der Waals surface area contributed by atoms with Crippen LogP contribution >= 0.6 is 11.3 Å². The van der Waals surface area contributed by atoms with Crippen LogP contribution in [0.2, 0.25) is 0 Å². The SMILES string of the molecule is Cc1ccc(NC(=O)COC(=O)c2nc(-c3cccs3)n(-c3ccc(F)cc3)n2)cc1F. The Morgan fingerprint density at radius 1 is 1.12 bits per heavy atom. The molecular formula is C22H16F2N4O3S. The highest BCUT2D eigenvalue weighted by molar-refractivity contribution is 7.13. The largest absolute Gasteiger partial charge is 0.450 e. The Labute approximate surface area is 185 Å². The molecular weight excluding hydrogens is 438 g/mol. The summed E-state index contributed by atoms with van der Waals surface area (Å²) >= 11 is 1.39. The number of ether oxygens (including phenoxy) is 1. The third kappa shape index (κ3) is 4.70. The fourth-order valence-corrected chi connectivity index (χ4v) is 3.49. The van der Waals surface area contributed by atoms with E-state index in [0.29, 0.717) is 17.1 Å². The molecule has 0 aliphatic rings. The highest BCUT2D eigenvalue weighted by Gasteiger charge is 2.21. The number of rotatable bonds is 6. The first kappa shape index (κ1) is 21.3. The molecule has 0 atom stereocenters. The number of nitrogens with zero attached hydrogens (tertiary/aromatic N) is 3. The smallest absolute Gasteiger partial charge is 0.378 e. The van der Waals surface area contributed by atoms with Gasteiger partial charge < -0.3 is 10.1 Å². The van der Waals surface area contributed by atoms with Crippen LogP contribution in [0.5, 0.6) is 0 Å². The van der Waals surface area contributed by atoms with Crippen molar-refractivity contribution in [3.8, 4) is 16.4 Å². The minimum Gasteiger partial charge on any atom is -0.450 e. The maximum atomic E-state index is 13.6. The lowest BCUT2D eigenvalue weighted by atomic mass is 10.2. The van der Waals surface area contributed by atoms with Crippen LogP contribution in [0.4, 0.5) is 14.5 Å². The molecule has 0 unspecified atom stereocenters. The number of thiophene rings is 1. The first-order chi connectivity index (χ1) is 15.4. The molecule has 1 amide bonds. The molecule has 7 nitrogen and oxygen atoms in total. The molecule has 4 rings (SSSR count). The van der Waals surface area contributed by atoms with Gasteiger partial charge >= 0.3 is 5.97 Å². The first-order valence-electron chi connectivity index (χ1n) is 9.41. The molecule has 1 N–H and O–H groups in total. The van der Waals surface area contributed by atoms with Crippen molar-refractivity contribution in [2.75, 3.05) is 11.9 Å². The van der Waals surface area contributed by atoms with Gasteiger partial charge in [-0.25, -0.2) is 18.3 Å². The second-order valence-corrected chi connectivity index (χ2v) is 7.66. The van der Waals surface area contributed by atoms with Crippen LogP contribution in [0.25, 0.3) is 16.4 Å². The van der Waals surface area contributed by atoms with Crippen molar-refractivity contribution in [2.45, 2.75) is 6.92 Å². The van der Waals surface area contributed by atoms with E-state index in [1.165, 1.54) is 58.5 Å². The standard InChI is InChI=1S/C22H16F2N4O3S/c1-13-4-7-15(11-17(13)24)25-19(29)12-31-22(30)20-26-21(18-3-2-10-32-18)28(27-20)16-8-5-14(23)6-9-16/h2-11H,12H2,1H3,(H,25,29). The lowest BCUT2D eigenvalue weighted by Gasteiger charge is -2.06. The number of carbonyl (C=O) groups is 2. The Hall–Kier alpha value is -3.92. The summed E-state index contributed by atoms with van der Waals surface area (Å²) in [6.07, 6.45) is 0. The zero-order valence-corrected chi connectivity index (χ0v) is 17.5. The van der Waals surface area contributed by atoms with Gasteiger partial charge in [0.2, 0.25) is 0 Å². The van der Waals surface area contributed by atoms with Crippen molar-refractivity contribution in [1.82, 2.24) is 14.8 Å². The number of aryl methyl sites for hydroxylation is 1. The number of halogens is 2. The van der Waals surface area contributed by atoms with E-state index in [1.54, 1.807) is 13.0 Å². The van der Waals surface area contributed by atoms with E-state index in [9.17, 15) is 18.4 Å². The quantitative estimate of drug-likeness (QED) is 0.437. The third-order valence-electron chi connectivity index (χ3n) is 4.39. The Kier molecular flexibility index (Phi) is 6.04. The Morgan fingerprint density at radius 2 is 1.91 bits per heavy atom. The maximum Gasteiger partial charge on any atom is 0.378 e. The molecule has 0 fully saturated rings. The molecule has 2 aromatic carbocycles. The van der Waals surface area contributed by atoms with Gasteiger partial charge in [0, 0.05) is 5.69 Å². The summed E-state index contributed by atoms with van der Waals surface area (Å²) in [4.78, 5) is 29.5. The van der Waals surface area contributed by atoms with Crippen LogP contribution in [0.1, 0.15) is 16.2 Å². The topological polar surface area (TPSA) is 86.1 Å². The van der Waals surface area contributed by atoms with Crippen molar-refractivity contribution in [3.05, 3.63) is 83.0 Å². The number of benzene rings is 2. The van der Waals surface area contributed by atoms with Gasteiger partial charge in [-0.1, -0.05) is 12.1 Å². The first-order valence-corrected chi connectivity index (χ1v) is 10.3. The number of esters is 1. The molecule has 0 aliphatic heterocycles. The van der Waals surface area contributed by atoms with E-state index < -0.39 is 30.1 Å². The highest BCUT2D eigenvalue weighted by atomic mass is 32.1. The van der Waals surface area contributed by atoms with E-state index in [0.717, 1.165) is 4.88 Å². The number of carbonyl (C=O) groups excluding carboxylic acids is 2. The average molecular weight is 454 g/mol. The van der Waals surface area contributed by atoms with Crippen LogP contribution in [-0.2, 0) is 9.53 Å². The zero-order valence-electron chi connectivity index (χ0n) is 16.7. The van der Waals surface area contributed by atoms with Gasteiger partial charge in [-0.2, -0.15) is 4.98 Å². The predicted molar refractivity (Wildman–Crippen MR) is 115 cm³/mol. The van der Waals surface area contributed by atoms with E-state index >= 15 is 0 Å². The second-order valence-electron chi connectivity index (χ2n) is 6.71. The fraction of sp³-hybridized carbons (Fsp3) is 0.0909. The van der Waals surface area contributed by atoms with Crippen LogP contribution in [0.3, 0.4) is 0 Å². The normalized spacial score (nSPS) is 10.7. The van der Waals surface area contributed by atoms with Crippen molar-refractivity contribution in [3.63, 3.8) is 0 Å². The van der Waals surface area contributed by atoms with Gasteiger partial charge in [0.05, 0.1) is 10.6 Å². The van der Waals surface area contributed by atoms with E-state index in [4.69, 9.17) is 4.74 Å². The Balaban J connectivity index is 1.49. The fourth-order valence-electron chi connectivity index (χ4n) is 2.79. The maximum absolute atomic E-state index is 13.6. The van der Waals surface area contributed by atoms with Crippen LogP contribution < -0.4 is 5.32 Å². The zero-order chi connectivity index (χ0) is 22.7. The van der Waals surface area contributed by atoms with Gasteiger partial charge in [-0.15, -0.1) is 16.4 Å². The molecule has 10 heteroatoms. The number of hydrogen-bond donors (Lipinski definition) is 1. The molecule has 0 bridgehead atoms. The Morgan fingerprint density at radius 3 is 2.59 bits per heavy atom. The van der Waals surface area contributed by atoms with E-state index in [-0.39, 0.29) is 11.5 Å². The molecule has 2 heterocycles. The molecule has 2 aromatic heterocycles. The molecule has 0 aliphatic carbocycles. The summed E-state index contributed by atoms with van der Waals surface area (Å²) in [6, 6.07) is 13.4. The summed E-state index contributed by atoms with van der Waals surface area (Å²) in [7, 11) is 0. The second kappa shape index (κ2) is 9.06. The van der Waals surface area contributed by atoms with Crippen molar-refractivity contribution in [2.24, 2.45) is 0 Å². The highest BCUT2D eigenvalue weighted by Crippen LogP contribution is 2.26. The van der Waals surface area contributed by atoms with Crippen molar-refractivity contribution in [1.29, 1.82) is 0 Å². The number of hydrogen-bond acceptors (Lipinski definition) is 6. The van der Waals surface area contributed by atoms with E-state index in [2.05, 4.69) is 15.4 Å². The molecule has 0 saturated heterocycles. The third-order valence-corrected chi connectivity index (χ3v) is 5.26. The minimum absolute atomic E-state index is 0.243. The van der Waals surface area contributed by atoms with Gasteiger partial charge in [0.15, 0.2) is 12.4 Å². The molecule has 0 radical (unpaired) electrons. The predicted octanol–water partition coefficient (Wildman–Crippen LogP) is 4.38. The van der Waals surface area contributed by atoms with Crippen LogP contribution in [-0.4, -0.2) is 33.2 Å². The van der Waals surface area contributed by atoms with Gasteiger partial charge in [0.1, 0.15) is 11.6 Å². The number of aromatic nitrogens is 3. The summed E-state index contributed by atoms with van der Waals surface area (Å²) in [6.45, 7) is 0.999. The molecule has 32 heavy (non-hydrogen) atoms. The summed E-state index contributed by atoms with van der Waals surface area (Å²) < 4.78 is 33.3. The minimum atomic E-state index is -0.908. The molecule has 0 saturated carbocycles. The number of anilines is 1. The monoisotopic (exact) mass is 454 g/mol. The summed E-state index contributed by atoms with van der Waals surface area (Å²) in [5.41, 5.74) is 1.19. The summed E-state index contributed by atoms with van der Waals surface area (Å²) in [5.74, 6) is -2.31. The van der Waals surface area contributed by atoms with Gasteiger partial charge in [-0.3, -0.25) is 4.79 Å². The van der Waals surface area contributed by atoms with E-state index in [1.807, 2.05) is 11.4 Å². The summed E-state index contributed by atoms with van der Waals surface area (Å²) in [5, 5.41) is 8.48. The van der Waals surface area contributed by atoms with Gasteiger partial charge in [-0.05, 0) is 60.3 Å². The van der Waals surface area contributed by atoms with Gasteiger partial charge in [0.25, 0.3) is 11.7 Å². The lowest BCUT2D eigenvalue weighted by Crippen LogP contribution is -2.21. The Bertz CT molecular complexity index is 1270. The average Bonchev–Trinajstić information content (AvgIpc) is 3.45. The van der Waals surface area contributed by atoms with Crippen molar-refractivity contribution < 1.29 is 23.1 Å². The number of amides is 1. The molecule has 162 valence electrons. The number of nitrogens with one attached hydrogen (secondary N) is 1. The van der Waals surface area contributed by atoms with Crippen LogP contribution in [0, 0.1) is 18.6 Å².